The summed E-state index contributed by atoms with van der Waals surface area (Å²) in [6, 6.07) is 4.07. The third-order valence-electron chi connectivity index (χ3n) is 4.00. The number of aromatic nitrogens is 1. The summed E-state index contributed by atoms with van der Waals surface area (Å²) >= 11 is 0. The number of hydrogen-bond acceptors (Lipinski definition) is 3. The Labute approximate surface area is 116 Å². The molecule has 0 radical (unpaired) electrons. The zero-order valence-electron chi connectivity index (χ0n) is 12.4. The molecule has 0 aromatic carbocycles. The fourth-order valence-corrected chi connectivity index (χ4v) is 2.63. The minimum absolute atomic E-state index is 0.419. The predicted molar refractivity (Wildman–Crippen MR) is 79.2 cm³/mol. The van der Waals surface area contributed by atoms with E-state index in [0.717, 1.165) is 17.9 Å². The third kappa shape index (κ3) is 4.20. The van der Waals surface area contributed by atoms with Crippen LogP contribution in [0.2, 0.25) is 0 Å². The summed E-state index contributed by atoms with van der Waals surface area (Å²) in [7, 11) is 0. The van der Waals surface area contributed by atoms with Gasteiger partial charge in [0.25, 0.3) is 0 Å². The van der Waals surface area contributed by atoms with Crippen molar-refractivity contribution >= 4 is 5.82 Å². The fraction of sp³-hybridized carbons (Fsp3) is 0.688. The molecule has 1 saturated carbocycles. The Kier molecular flexibility index (Phi) is 4.81. The molecule has 19 heavy (non-hydrogen) atoms. The van der Waals surface area contributed by atoms with Crippen LogP contribution in [0.5, 0.6) is 0 Å². The average molecular weight is 262 g/mol. The summed E-state index contributed by atoms with van der Waals surface area (Å²) in [4.78, 5) is 4.36. The first-order valence-electron chi connectivity index (χ1n) is 7.40. The Morgan fingerprint density at radius 1 is 1.37 bits per heavy atom. The normalized spacial score (nSPS) is 19.3. The number of ether oxygens (including phenoxy) is 1. The van der Waals surface area contributed by atoms with E-state index in [2.05, 4.69) is 37.1 Å². The molecule has 3 nitrogen and oxygen atoms in total. The lowest BCUT2D eigenvalue weighted by Crippen LogP contribution is -2.26. The van der Waals surface area contributed by atoms with Gasteiger partial charge in [0.1, 0.15) is 5.82 Å². The van der Waals surface area contributed by atoms with Gasteiger partial charge in [-0.1, -0.05) is 19.9 Å². The lowest BCUT2D eigenvalue weighted by Gasteiger charge is -2.34. The SMILES string of the molecule is CCNc1ncccc1COC1CCC(C)(C)CC1. The molecule has 1 aliphatic rings. The van der Waals surface area contributed by atoms with E-state index in [1.807, 2.05) is 12.3 Å². The number of anilines is 1. The topological polar surface area (TPSA) is 34.2 Å². The van der Waals surface area contributed by atoms with Crippen LogP contribution in [0.15, 0.2) is 18.3 Å². The molecule has 2 rings (SSSR count). The highest BCUT2D eigenvalue weighted by atomic mass is 16.5. The maximum atomic E-state index is 6.07. The summed E-state index contributed by atoms with van der Waals surface area (Å²) in [5, 5.41) is 3.29. The molecule has 1 aromatic rings. The molecule has 106 valence electrons. The quantitative estimate of drug-likeness (QED) is 0.871. The smallest absolute Gasteiger partial charge is 0.131 e. The molecule has 1 fully saturated rings. The largest absolute Gasteiger partial charge is 0.373 e. The first-order valence-corrected chi connectivity index (χ1v) is 7.40. The van der Waals surface area contributed by atoms with Crippen molar-refractivity contribution in [3.63, 3.8) is 0 Å². The molecule has 1 heterocycles. The number of hydrogen-bond donors (Lipinski definition) is 1. The Balaban J connectivity index is 1.86. The van der Waals surface area contributed by atoms with E-state index in [1.165, 1.54) is 25.7 Å². The van der Waals surface area contributed by atoms with Crippen LogP contribution in [0.1, 0.15) is 52.0 Å². The third-order valence-corrected chi connectivity index (χ3v) is 4.00. The van der Waals surface area contributed by atoms with Gasteiger partial charge < -0.3 is 10.1 Å². The summed E-state index contributed by atoms with van der Waals surface area (Å²) in [6.45, 7) is 8.35. The van der Waals surface area contributed by atoms with Gasteiger partial charge in [-0.25, -0.2) is 4.98 Å². The highest BCUT2D eigenvalue weighted by Gasteiger charge is 2.27. The molecule has 1 aromatic heterocycles. The van der Waals surface area contributed by atoms with Crippen LogP contribution in [-0.4, -0.2) is 17.6 Å². The van der Waals surface area contributed by atoms with Crippen molar-refractivity contribution in [2.45, 2.75) is 59.2 Å². The number of nitrogens with one attached hydrogen (secondary N) is 1. The van der Waals surface area contributed by atoms with Crippen LogP contribution >= 0.6 is 0 Å². The van der Waals surface area contributed by atoms with Crippen molar-refractivity contribution in [2.75, 3.05) is 11.9 Å². The summed E-state index contributed by atoms with van der Waals surface area (Å²) in [6.07, 6.45) is 7.15. The second-order valence-corrected chi connectivity index (χ2v) is 6.22. The molecule has 1 aliphatic carbocycles. The van der Waals surface area contributed by atoms with Crippen molar-refractivity contribution in [1.29, 1.82) is 0 Å². The first kappa shape index (κ1) is 14.3. The number of pyridine rings is 1. The molecule has 0 atom stereocenters. The van der Waals surface area contributed by atoms with Gasteiger partial charge in [0.05, 0.1) is 12.7 Å². The van der Waals surface area contributed by atoms with Gasteiger partial charge in [-0.05, 0) is 44.1 Å². The molecule has 0 saturated heterocycles. The van der Waals surface area contributed by atoms with Crippen LogP contribution < -0.4 is 5.32 Å². The second-order valence-electron chi connectivity index (χ2n) is 6.22. The highest BCUT2D eigenvalue weighted by Crippen LogP contribution is 2.36. The maximum absolute atomic E-state index is 6.07. The van der Waals surface area contributed by atoms with E-state index < -0.39 is 0 Å². The van der Waals surface area contributed by atoms with E-state index in [9.17, 15) is 0 Å². The molecular weight excluding hydrogens is 236 g/mol. The van der Waals surface area contributed by atoms with Crippen LogP contribution in [0.25, 0.3) is 0 Å². The summed E-state index contributed by atoms with van der Waals surface area (Å²) < 4.78 is 6.07. The Hall–Kier alpha value is -1.09. The van der Waals surface area contributed by atoms with E-state index in [-0.39, 0.29) is 0 Å². The Morgan fingerprint density at radius 2 is 2.11 bits per heavy atom. The number of rotatable bonds is 5. The van der Waals surface area contributed by atoms with Gasteiger partial charge in [-0.2, -0.15) is 0 Å². The molecule has 3 heteroatoms. The zero-order chi connectivity index (χ0) is 13.7. The molecule has 0 aliphatic heterocycles. The van der Waals surface area contributed by atoms with Gasteiger partial charge >= 0.3 is 0 Å². The molecule has 0 unspecified atom stereocenters. The van der Waals surface area contributed by atoms with Gasteiger partial charge in [0.15, 0.2) is 0 Å². The van der Waals surface area contributed by atoms with Gasteiger partial charge in [-0.3, -0.25) is 0 Å². The van der Waals surface area contributed by atoms with Crippen molar-refractivity contribution < 1.29 is 4.74 Å². The minimum Gasteiger partial charge on any atom is -0.373 e. The standard InChI is InChI=1S/C16H26N2O/c1-4-17-15-13(6-5-11-18-15)12-19-14-7-9-16(2,3)10-8-14/h5-6,11,14H,4,7-10,12H2,1-3H3,(H,17,18). The average Bonchev–Trinajstić information content (AvgIpc) is 2.39. The summed E-state index contributed by atoms with van der Waals surface area (Å²) in [5.74, 6) is 0.959. The Bertz CT molecular complexity index is 393. The van der Waals surface area contributed by atoms with Crippen LogP contribution in [0.3, 0.4) is 0 Å². The monoisotopic (exact) mass is 262 g/mol. The lowest BCUT2D eigenvalue weighted by atomic mass is 9.76. The van der Waals surface area contributed by atoms with Crippen molar-refractivity contribution in [1.82, 2.24) is 4.98 Å². The molecule has 0 amide bonds. The van der Waals surface area contributed by atoms with Crippen molar-refractivity contribution in [3.8, 4) is 0 Å². The van der Waals surface area contributed by atoms with E-state index in [0.29, 0.717) is 18.1 Å². The van der Waals surface area contributed by atoms with Crippen LogP contribution in [0, 0.1) is 5.41 Å². The minimum atomic E-state index is 0.419. The van der Waals surface area contributed by atoms with E-state index in [1.54, 1.807) is 0 Å². The number of nitrogens with zero attached hydrogens (tertiary/aromatic N) is 1. The molecule has 0 bridgehead atoms. The van der Waals surface area contributed by atoms with Crippen molar-refractivity contribution in [2.24, 2.45) is 5.41 Å². The van der Waals surface area contributed by atoms with E-state index >= 15 is 0 Å². The van der Waals surface area contributed by atoms with Gasteiger partial charge in [0, 0.05) is 18.3 Å². The zero-order valence-corrected chi connectivity index (χ0v) is 12.4. The van der Waals surface area contributed by atoms with E-state index in [4.69, 9.17) is 4.74 Å². The predicted octanol–water partition coefficient (Wildman–Crippen LogP) is 4.00. The van der Waals surface area contributed by atoms with Gasteiger partial charge in [-0.15, -0.1) is 0 Å². The van der Waals surface area contributed by atoms with Crippen molar-refractivity contribution in [3.05, 3.63) is 23.9 Å². The van der Waals surface area contributed by atoms with Crippen LogP contribution in [0.4, 0.5) is 5.82 Å². The summed E-state index contributed by atoms with van der Waals surface area (Å²) in [5.41, 5.74) is 1.66. The second kappa shape index (κ2) is 6.38. The molecule has 0 spiro atoms. The van der Waals surface area contributed by atoms with Gasteiger partial charge in [0.2, 0.25) is 0 Å². The van der Waals surface area contributed by atoms with Crippen LogP contribution in [-0.2, 0) is 11.3 Å². The fourth-order valence-electron chi connectivity index (χ4n) is 2.63. The molecular formula is C16H26N2O. The highest BCUT2D eigenvalue weighted by molar-refractivity contribution is 5.43. The Morgan fingerprint density at radius 3 is 2.79 bits per heavy atom. The molecule has 1 N–H and O–H groups in total. The first-order chi connectivity index (χ1) is 9.11. The lowest BCUT2D eigenvalue weighted by molar-refractivity contribution is -0.00545. The maximum Gasteiger partial charge on any atom is 0.131 e.